The molecule has 9 nitrogen and oxygen atoms in total. The molecule has 3 heterocycles. The monoisotopic (exact) mass is 374 g/mol. The molecular formula is C18H22N4O5. The van der Waals surface area contributed by atoms with E-state index in [9.17, 15) is 14.4 Å². The van der Waals surface area contributed by atoms with Gasteiger partial charge in [0.25, 0.3) is 11.5 Å². The van der Waals surface area contributed by atoms with Crippen molar-refractivity contribution in [2.75, 3.05) is 13.2 Å². The van der Waals surface area contributed by atoms with Crippen LogP contribution in [-0.4, -0.2) is 45.4 Å². The number of aromatic nitrogens is 3. The minimum Gasteiger partial charge on any atom is -0.379 e. The van der Waals surface area contributed by atoms with Crippen molar-refractivity contribution in [3.05, 3.63) is 62.7 Å². The molecule has 0 bridgehead atoms. The molecule has 0 spiro atoms. The van der Waals surface area contributed by atoms with Crippen LogP contribution in [-0.2, 0) is 30.2 Å². The molecule has 27 heavy (non-hydrogen) atoms. The standard InChI is InChI=1S/C18H22N4O5/c1-21-14(9-16(23)22(2)18(21)25)17(24)20-13-6-8-26-11-15(13)27-10-12-5-3-4-7-19-12/h3-5,7,9,13,15H,6,8,10-11H2,1-2H3,(H,20,24)/t13-,15-/m1/s1. The highest BCUT2D eigenvalue weighted by molar-refractivity contribution is 5.92. The lowest BCUT2D eigenvalue weighted by Gasteiger charge is -2.32. The Morgan fingerprint density at radius 2 is 2.15 bits per heavy atom. The Balaban J connectivity index is 1.71. The van der Waals surface area contributed by atoms with Crippen LogP contribution in [0.4, 0.5) is 0 Å². The van der Waals surface area contributed by atoms with Crippen molar-refractivity contribution in [3.63, 3.8) is 0 Å². The van der Waals surface area contributed by atoms with Crippen LogP contribution in [0.1, 0.15) is 22.6 Å². The van der Waals surface area contributed by atoms with E-state index in [0.29, 0.717) is 26.2 Å². The van der Waals surface area contributed by atoms with E-state index in [1.54, 1.807) is 6.20 Å². The fraction of sp³-hybridized carbons (Fsp3) is 0.444. The summed E-state index contributed by atoms with van der Waals surface area (Å²) in [5.41, 5.74) is -0.291. The molecule has 0 radical (unpaired) electrons. The second-order valence-electron chi connectivity index (χ2n) is 6.38. The van der Waals surface area contributed by atoms with E-state index in [2.05, 4.69) is 10.3 Å². The highest BCUT2D eigenvalue weighted by atomic mass is 16.5. The van der Waals surface area contributed by atoms with Gasteiger partial charge in [-0.3, -0.25) is 23.7 Å². The van der Waals surface area contributed by atoms with Gasteiger partial charge in [0.2, 0.25) is 0 Å². The number of amides is 1. The normalized spacial score (nSPS) is 19.6. The molecule has 1 aliphatic heterocycles. The lowest BCUT2D eigenvalue weighted by molar-refractivity contribution is -0.0743. The Morgan fingerprint density at radius 1 is 1.33 bits per heavy atom. The largest absolute Gasteiger partial charge is 0.379 e. The van der Waals surface area contributed by atoms with Crippen molar-refractivity contribution < 1.29 is 14.3 Å². The molecule has 144 valence electrons. The number of rotatable bonds is 5. The van der Waals surface area contributed by atoms with Gasteiger partial charge < -0.3 is 14.8 Å². The van der Waals surface area contributed by atoms with Gasteiger partial charge in [-0.2, -0.15) is 0 Å². The summed E-state index contributed by atoms with van der Waals surface area (Å²) in [6.45, 7) is 1.13. The number of carbonyl (C=O) groups is 1. The molecule has 1 saturated heterocycles. The third-order valence-electron chi connectivity index (χ3n) is 4.55. The van der Waals surface area contributed by atoms with E-state index in [-0.39, 0.29) is 17.8 Å². The molecule has 1 N–H and O–H groups in total. The molecule has 1 aliphatic rings. The summed E-state index contributed by atoms with van der Waals surface area (Å²) in [6.07, 6.45) is 1.90. The van der Waals surface area contributed by atoms with Crippen molar-refractivity contribution in [1.29, 1.82) is 0 Å². The minimum atomic E-state index is -0.553. The smallest absolute Gasteiger partial charge is 0.331 e. The summed E-state index contributed by atoms with van der Waals surface area (Å²) in [5, 5.41) is 2.86. The number of ether oxygens (including phenoxy) is 2. The topological polar surface area (TPSA) is 104 Å². The molecule has 0 aliphatic carbocycles. The van der Waals surface area contributed by atoms with E-state index in [1.165, 1.54) is 14.1 Å². The predicted molar refractivity (Wildman–Crippen MR) is 96.4 cm³/mol. The second kappa shape index (κ2) is 8.28. The molecule has 2 atom stereocenters. The van der Waals surface area contributed by atoms with Crippen molar-refractivity contribution in [3.8, 4) is 0 Å². The Hall–Kier alpha value is -2.78. The SMILES string of the molecule is Cn1c(C(=O)N[C@@H]2CCOC[C@H]2OCc2ccccn2)cc(=O)n(C)c1=O. The van der Waals surface area contributed by atoms with E-state index in [1.807, 2.05) is 18.2 Å². The van der Waals surface area contributed by atoms with Gasteiger partial charge in [0.1, 0.15) is 11.8 Å². The molecule has 1 fully saturated rings. The molecule has 2 aromatic heterocycles. The zero-order valence-electron chi connectivity index (χ0n) is 15.3. The van der Waals surface area contributed by atoms with Crippen LogP contribution in [0.15, 0.2) is 40.1 Å². The lowest BCUT2D eigenvalue weighted by atomic mass is 10.1. The quantitative estimate of drug-likeness (QED) is 0.763. The van der Waals surface area contributed by atoms with Gasteiger partial charge in [-0.05, 0) is 18.6 Å². The van der Waals surface area contributed by atoms with Gasteiger partial charge in [0.15, 0.2) is 0 Å². The van der Waals surface area contributed by atoms with Crippen LogP contribution in [0.25, 0.3) is 0 Å². The maximum atomic E-state index is 12.6. The zero-order valence-corrected chi connectivity index (χ0v) is 15.3. The number of hydrogen-bond acceptors (Lipinski definition) is 6. The Bertz CT molecular complexity index is 922. The first-order chi connectivity index (χ1) is 13.0. The van der Waals surface area contributed by atoms with Gasteiger partial charge in [-0.1, -0.05) is 6.07 Å². The van der Waals surface area contributed by atoms with Gasteiger partial charge in [0.05, 0.1) is 24.9 Å². The van der Waals surface area contributed by atoms with Gasteiger partial charge >= 0.3 is 5.69 Å². The highest BCUT2D eigenvalue weighted by Crippen LogP contribution is 2.14. The maximum Gasteiger partial charge on any atom is 0.331 e. The number of nitrogens with one attached hydrogen (secondary N) is 1. The summed E-state index contributed by atoms with van der Waals surface area (Å²) >= 11 is 0. The van der Waals surface area contributed by atoms with Crippen LogP contribution in [0, 0.1) is 0 Å². The lowest BCUT2D eigenvalue weighted by Crippen LogP contribution is -2.51. The third-order valence-corrected chi connectivity index (χ3v) is 4.55. The highest BCUT2D eigenvalue weighted by Gasteiger charge is 2.29. The number of carbonyl (C=O) groups excluding carboxylic acids is 1. The molecular weight excluding hydrogens is 352 g/mol. The fourth-order valence-electron chi connectivity index (χ4n) is 2.91. The molecule has 2 aromatic rings. The third kappa shape index (κ3) is 4.32. The Labute approximate surface area is 155 Å². The van der Waals surface area contributed by atoms with Crippen LogP contribution in [0.2, 0.25) is 0 Å². The first-order valence-electron chi connectivity index (χ1n) is 8.64. The van der Waals surface area contributed by atoms with Gasteiger partial charge in [0, 0.05) is 33.0 Å². The summed E-state index contributed by atoms with van der Waals surface area (Å²) in [7, 11) is 2.82. The van der Waals surface area contributed by atoms with E-state index in [4.69, 9.17) is 9.47 Å². The van der Waals surface area contributed by atoms with Crippen LogP contribution >= 0.6 is 0 Å². The van der Waals surface area contributed by atoms with Gasteiger partial charge in [-0.25, -0.2) is 4.79 Å². The Kier molecular flexibility index (Phi) is 5.82. The van der Waals surface area contributed by atoms with Gasteiger partial charge in [-0.15, -0.1) is 0 Å². The molecule has 0 saturated carbocycles. The van der Waals surface area contributed by atoms with Crippen LogP contribution in [0.5, 0.6) is 0 Å². The minimum absolute atomic E-state index is 0.0121. The average molecular weight is 374 g/mol. The van der Waals surface area contributed by atoms with E-state index < -0.39 is 17.2 Å². The summed E-state index contributed by atoms with van der Waals surface area (Å²) < 4.78 is 13.4. The number of nitrogens with zero attached hydrogens (tertiary/aromatic N) is 3. The fourth-order valence-corrected chi connectivity index (χ4v) is 2.91. The zero-order chi connectivity index (χ0) is 19.4. The second-order valence-corrected chi connectivity index (χ2v) is 6.38. The molecule has 1 amide bonds. The van der Waals surface area contributed by atoms with Crippen LogP contribution < -0.4 is 16.6 Å². The van der Waals surface area contributed by atoms with Crippen molar-refractivity contribution in [1.82, 2.24) is 19.4 Å². The number of pyridine rings is 1. The summed E-state index contributed by atoms with van der Waals surface area (Å²) in [5.74, 6) is -0.495. The van der Waals surface area contributed by atoms with Crippen LogP contribution in [0.3, 0.4) is 0 Å². The first kappa shape index (κ1) is 19.0. The maximum absolute atomic E-state index is 12.6. The summed E-state index contributed by atoms with van der Waals surface area (Å²) in [6, 6.07) is 6.41. The Morgan fingerprint density at radius 3 is 2.89 bits per heavy atom. The summed E-state index contributed by atoms with van der Waals surface area (Å²) in [4.78, 5) is 40.7. The molecule has 0 aromatic carbocycles. The van der Waals surface area contributed by atoms with E-state index >= 15 is 0 Å². The van der Waals surface area contributed by atoms with Crippen molar-refractivity contribution in [2.45, 2.75) is 25.2 Å². The van der Waals surface area contributed by atoms with E-state index in [0.717, 1.165) is 20.9 Å². The average Bonchev–Trinajstić information content (AvgIpc) is 2.69. The molecule has 9 heteroatoms. The van der Waals surface area contributed by atoms with Crippen molar-refractivity contribution in [2.24, 2.45) is 14.1 Å². The molecule has 0 unspecified atom stereocenters. The molecule has 3 rings (SSSR count). The van der Waals surface area contributed by atoms with Crippen molar-refractivity contribution >= 4 is 5.91 Å². The number of hydrogen-bond donors (Lipinski definition) is 1. The first-order valence-corrected chi connectivity index (χ1v) is 8.64. The predicted octanol–water partition coefficient (Wildman–Crippen LogP) is -0.417.